The fourth-order valence-corrected chi connectivity index (χ4v) is 1.83. The Labute approximate surface area is 113 Å². The lowest BCUT2D eigenvalue weighted by molar-refractivity contribution is -0.144. The van der Waals surface area contributed by atoms with Crippen LogP contribution in [0.5, 0.6) is 0 Å². The quantitative estimate of drug-likeness (QED) is 0.664. The maximum absolute atomic E-state index is 12.6. The van der Waals surface area contributed by atoms with Gasteiger partial charge in [-0.05, 0) is 6.42 Å². The lowest BCUT2D eigenvalue weighted by Gasteiger charge is -2.11. The fraction of sp³-hybridized carbons (Fsp3) is 0.556. The van der Waals surface area contributed by atoms with Crippen LogP contribution in [-0.4, -0.2) is 37.7 Å². The van der Waals surface area contributed by atoms with E-state index in [1.165, 1.54) is 13.1 Å². The van der Waals surface area contributed by atoms with Crippen molar-refractivity contribution >= 4 is 21.7 Å². The van der Waals surface area contributed by atoms with Crippen molar-refractivity contribution < 1.29 is 21.6 Å². The van der Waals surface area contributed by atoms with Crippen molar-refractivity contribution in [3.05, 3.63) is 11.9 Å². The Bertz CT molecular complexity index is 561. The third-order valence-electron chi connectivity index (χ3n) is 2.15. The summed E-state index contributed by atoms with van der Waals surface area (Å²) in [4.78, 5) is 6.61. The van der Waals surface area contributed by atoms with E-state index < -0.39 is 22.0 Å². The summed E-state index contributed by atoms with van der Waals surface area (Å²) in [5.41, 5.74) is 0. The Morgan fingerprint density at radius 1 is 1.30 bits per heavy atom. The fourth-order valence-electron chi connectivity index (χ4n) is 1.28. The van der Waals surface area contributed by atoms with Crippen LogP contribution in [0.25, 0.3) is 0 Å². The number of alkyl halides is 3. The average Bonchev–Trinajstić information content (AvgIpc) is 2.32. The van der Waals surface area contributed by atoms with Crippen LogP contribution in [0.3, 0.4) is 0 Å². The number of nitrogens with zero attached hydrogens (tertiary/aromatic N) is 2. The summed E-state index contributed by atoms with van der Waals surface area (Å²) in [5, 5.41) is 9.88. The number of nitrogens with two attached hydrogens (primary N) is 1. The Morgan fingerprint density at radius 3 is 2.40 bits per heavy atom. The monoisotopic (exact) mass is 313 g/mol. The molecule has 0 aromatic carbocycles. The van der Waals surface area contributed by atoms with E-state index in [-0.39, 0.29) is 30.4 Å². The highest BCUT2D eigenvalue weighted by Gasteiger charge is 2.35. The van der Waals surface area contributed by atoms with Gasteiger partial charge in [-0.15, -0.1) is 0 Å². The molecule has 0 unspecified atom stereocenters. The summed E-state index contributed by atoms with van der Waals surface area (Å²) >= 11 is 0. The minimum Gasteiger partial charge on any atom is -0.373 e. The van der Waals surface area contributed by atoms with Gasteiger partial charge in [0, 0.05) is 19.7 Å². The Morgan fingerprint density at radius 2 is 1.90 bits per heavy atom. The molecule has 20 heavy (non-hydrogen) atoms. The van der Waals surface area contributed by atoms with Crippen molar-refractivity contribution in [3.8, 4) is 0 Å². The molecule has 1 heterocycles. The van der Waals surface area contributed by atoms with Crippen molar-refractivity contribution in [1.82, 2.24) is 9.97 Å². The Balaban J connectivity index is 2.75. The Hall–Kier alpha value is -1.62. The van der Waals surface area contributed by atoms with Crippen LogP contribution in [0, 0.1) is 0 Å². The standard InChI is InChI=1S/C9H14F3N5O2S/c1-14-6-5-7(15-3-2-4-20(13,18)19)17-8(16-6)9(10,11)12/h5H,2-4H2,1H3,(H2,13,18,19)(H2,14,15,16,17). The third-order valence-corrected chi connectivity index (χ3v) is 3.01. The largest absolute Gasteiger partial charge is 0.451 e. The molecule has 4 N–H and O–H groups in total. The van der Waals surface area contributed by atoms with Crippen molar-refractivity contribution in [3.63, 3.8) is 0 Å². The van der Waals surface area contributed by atoms with Crippen LogP contribution >= 0.6 is 0 Å². The van der Waals surface area contributed by atoms with E-state index in [1.54, 1.807) is 0 Å². The summed E-state index contributed by atoms with van der Waals surface area (Å²) in [7, 11) is -2.16. The highest BCUT2D eigenvalue weighted by Crippen LogP contribution is 2.28. The van der Waals surface area contributed by atoms with Gasteiger partial charge in [-0.2, -0.15) is 13.2 Å². The molecule has 0 aliphatic heterocycles. The molecule has 0 aliphatic carbocycles. The molecule has 1 aromatic heterocycles. The van der Waals surface area contributed by atoms with Crippen molar-refractivity contribution in [2.45, 2.75) is 12.6 Å². The average molecular weight is 313 g/mol. The molecule has 7 nitrogen and oxygen atoms in total. The maximum Gasteiger partial charge on any atom is 0.451 e. The number of sulfonamides is 1. The van der Waals surface area contributed by atoms with Crippen LogP contribution in [-0.2, 0) is 16.2 Å². The molecule has 11 heteroatoms. The highest BCUT2D eigenvalue weighted by atomic mass is 32.2. The number of halogens is 3. The molecule has 0 aliphatic rings. The zero-order valence-electron chi connectivity index (χ0n) is 10.5. The van der Waals surface area contributed by atoms with Crippen LogP contribution in [0.15, 0.2) is 6.07 Å². The first-order chi connectivity index (χ1) is 9.12. The SMILES string of the molecule is CNc1cc(NCCCS(N)(=O)=O)nc(C(F)(F)F)n1. The van der Waals surface area contributed by atoms with Crippen LogP contribution in [0.2, 0.25) is 0 Å². The van der Waals surface area contributed by atoms with E-state index in [2.05, 4.69) is 20.6 Å². The molecule has 1 rings (SSSR count). The summed E-state index contributed by atoms with van der Waals surface area (Å²) in [6.07, 6.45) is -4.51. The molecular formula is C9H14F3N5O2S. The highest BCUT2D eigenvalue weighted by molar-refractivity contribution is 7.89. The molecule has 0 amide bonds. The van der Waals surface area contributed by atoms with Gasteiger partial charge < -0.3 is 10.6 Å². The van der Waals surface area contributed by atoms with Gasteiger partial charge in [-0.1, -0.05) is 0 Å². The van der Waals surface area contributed by atoms with E-state index in [0.717, 1.165) is 0 Å². The minimum atomic E-state index is -4.66. The second-order valence-electron chi connectivity index (χ2n) is 3.86. The molecule has 0 saturated carbocycles. The zero-order chi connectivity index (χ0) is 15.4. The maximum atomic E-state index is 12.6. The smallest absolute Gasteiger partial charge is 0.373 e. The van der Waals surface area contributed by atoms with E-state index in [4.69, 9.17) is 5.14 Å². The number of hydrogen-bond acceptors (Lipinski definition) is 6. The van der Waals surface area contributed by atoms with E-state index in [0.29, 0.717) is 0 Å². The predicted molar refractivity (Wildman–Crippen MR) is 67.7 cm³/mol. The molecule has 0 saturated heterocycles. The van der Waals surface area contributed by atoms with Crippen molar-refractivity contribution in [1.29, 1.82) is 0 Å². The Kier molecular flexibility index (Phi) is 5.11. The summed E-state index contributed by atoms with van der Waals surface area (Å²) in [6.45, 7) is 0.119. The van der Waals surface area contributed by atoms with Gasteiger partial charge in [0.05, 0.1) is 5.75 Å². The number of nitrogens with one attached hydrogen (secondary N) is 2. The molecule has 0 spiro atoms. The topological polar surface area (TPSA) is 110 Å². The van der Waals surface area contributed by atoms with Gasteiger partial charge in [0.1, 0.15) is 11.6 Å². The lowest BCUT2D eigenvalue weighted by Crippen LogP contribution is -2.19. The van der Waals surface area contributed by atoms with Gasteiger partial charge in [0.25, 0.3) is 0 Å². The normalized spacial score (nSPS) is 12.2. The van der Waals surface area contributed by atoms with Crippen LogP contribution < -0.4 is 15.8 Å². The molecular weight excluding hydrogens is 299 g/mol. The first-order valence-electron chi connectivity index (χ1n) is 5.50. The van der Waals surface area contributed by atoms with Gasteiger partial charge >= 0.3 is 6.18 Å². The van der Waals surface area contributed by atoms with Gasteiger partial charge in [-0.3, -0.25) is 0 Å². The minimum absolute atomic E-state index is 0.00118. The molecule has 114 valence electrons. The second-order valence-corrected chi connectivity index (χ2v) is 5.59. The van der Waals surface area contributed by atoms with Crippen molar-refractivity contribution in [2.24, 2.45) is 5.14 Å². The summed E-state index contributed by atoms with van der Waals surface area (Å²) in [5.74, 6) is -1.60. The number of rotatable bonds is 6. The number of hydrogen-bond donors (Lipinski definition) is 3. The summed E-state index contributed by atoms with van der Waals surface area (Å²) in [6, 6.07) is 1.28. The van der Waals surface area contributed by atoms with E-state index in [9.17, 15) is 21.6 Å². The third kappa shape index (κ3) is 5.57. The molecule has 0 bridgehead atoms. The molecule has 0 fully saturated rings. The molecule has 0 radical (unpaired) electrons. The van der Waals surface area contributed by atoms with Crippen LogP contribution in [0.1, 0.15) is 12.2 Å². The zero-order valence-corrected chi connectivity index (χ0v) is 11.3. The van der Waals surface area contributed by atoms with Crippen molar-refractivity contribution in [2.75, 3.05) is 30.0 Å². The van der Waals surface area contributed by atoms with Gasteiger partial charge in [0.2, 0.25) is 15.8 Å². The van der Waals surface area contributed by atoms with Crippen LogP contribution in [0.4, 0.5) is 24.8 Å². The predicted octanol–water partition coefficient (Wildman–Crippen LogP) is 0.628. The number of aromatic nitrogens is 2. The van der Waals surface area contributed by atoms with E-state index >= 15 is 0 Å². The summed E-state index contributed by atoms with van der Waals surface area (Å²) < 4.78 is 59.0. The number of primary sulfonamides is 1. The molecule has 1 aromatic rings. The first kappa shape index (κ1) is 16.4. The molecule has 0 atom stereocenters. The van der Waals surface area contributed by atoms with E-state index in [1.807, 2.05) is 0 Å². The van der Waals surface area contributed by atoms with Gasteiger partial charge in [0.15, 0.2) is 0 Å². The lowest BCUT2D eigenvalue weighted by atomic mass is 10.4. The second kappa shape index (κ2) is 6.22. The van der Waals surface area contributed by atoms with Gasteiger partial charge in [-0.25, -0.2) is 23.5 Å². The first-order valence-corrected chi connectivity index (χ1v) is 7.22. The number of anilines is 2.